The number of nitrogens with zero attached hydrogens (tertiary/aromatic N) is 3. The standard InChI is InChI=1S/C13H18ClN3O2.C2H6/c1-9(2)12(18)17-6-4-10(7-17)8-19-13-15-5-3-11(14)16-13;1-2/h3,5,9-10H,4,6-8H2,1-2H3;1-2H3. The predicted molar refractivity (Wildman–Crippen MR) is 83.4 cm³/mol. The van der Waals surface area contributed by atoms with Gasteiger partial charge in [0.15, 0.2) is 0 Å². The first-order valence-electron chi connectivity index (χ1n) is 7.46. The topological polar surface area (TPSA) is 55.3 Å². The quantitative estimate of drug-likeness (QED) is 0.802. The fraction of sp³-hybridized carbons (Fsp3) is 0.667. The fourth-order valence-corrected chi connectivity index (χ4v) is 2.24. The first-order chi connectivity index (χ1) is 10.1. The average Bonchev–Trinajstić information content (AvgIpc) is 2.95. The normalized spacial score (nSPS) is 17.4. The van der Waals surface area contributed by atoms with Crippen molar-refractivity contribution in [3.8, 4) is 6.01 Å². The van der Waals surface area contributed by atoms with Crippen molar-refractivity contribution >= 4 is 17.5 Å². The third-order valence-electron chi connectivity index (χ3n) is 3.14. The Hall–Kier alpha value is -1.36. The summed E-state index contributed by atoms with van der Waals surface area (Å²) in [6.45, 7) is 9.92. The lowest BCUT2D eigenvalue weighted by Crippen LogP contribution is -2.32. The molecular formula is C15H24ClN3O2. The van der Waals surface area contributed by atoms with Crippen LogP contribution in [0.4, 0.5) is 0 Å². The smallest absolute Gasteiger partial charge is 0.317 e. The van der Waals surface area contributed by atoms with Gasteiger partial charge >= 0.3 is 6.01 Å². The Morgan fingerprint density at radius 2 is 2.24 bits per heavy atom. The van der Waals surface area contributed by atoms with Crippen molar-refractivity contribution in [3.05, 3.63) is 17.4 Å². The lowest BCUT2D eigenvalue weighted by molar-refractivity contribution is -0.133. The number of carbonyl (C=O) groups excluding carboxylic acids is 1. The van der Waals surface area contributed by atoms with Gasteiger partial charge in [0.2, 0.25) is 5.91 Å². The Balaban J connectivity index is 0.00000106. The van der Waals surface area contributed by atoms with E-state index in [1.165, 1.54) is 0 Å². The maximum atomic E-state index is 11.9. The molecule has 0 spiro atoms. The Bertz CT molecular complexity index is 454. The van der Waals surface area contributed by atoms with Crippen LogP contribution in [-0.4, -0.2) is 40.5 Å². The van der Waals surface area contributed by atoms with Crippen molar-refractivity contribution in [2.45, 2.75) is 34.1 Å². The molecule has 1 amide bonds. The molecule has 0 aliphatic carbocycles. The van der Waals surface area contributed by atoms with Gasteiger partial charge in [0.25, 0.3) is 0 Å². The average molecular weight is 314 g/mol. The summed E-state index contributed by atoms with van der Waals surface area (Å²) in [4.78, 5) is 21.7. The number of aromatic nitrogens is 2. The van der Waals surface area contributed by atoms with E-state index in [0.717, 1.165) is 19.5 Å². The number of hydrogen-bond donors (Lipinski definition) is 0. The number of amides is 1. The molecule has 1 aromatic heterocycles. The molecular weight excluding hydrogens is 290 g/mol. The molecule has 1 aliphatic heterocycles. The summed E-state index contributed by atoms with van der Waals surface area (Å²) >= 11 is 5.76. The van der Waals surface area contributed by atoms with E-state index in [-0.39, 0.29) is 11.8 Å². The molecule has 0 aromatic carbocycles. The maximum Gasteiger partial charge on any atom is 0.317 e. The van der Waals surface area contributed by atoms with Gasteiger partial charge in [-0.25, -0.2) is 4.98 Å². The number of ether oxygens (including phenoxy) is 1. The van der Waals surface area contributed by atoms with Crippen molar-refractivity contribution in [2.24, 2.45) is 11.8 Å². The monoisotopic (exact) mass is 313 g/mol. The van der Waals surface area contributed by atoms with Crippen LogP contribution in [0.25, 0.3) is 0 Å². The Morgan fingerprint density at radius 1 is 1.52 bits per heavy atom. The third kappa shape index (κ3) is 5.50. The van der Waals surface area contributed by atoms with Crippen LogP contribution in [0.1, 0.15) is 34.1 Å². The molecule has 0 N–H and O–H groups in total. The minimum absolute atomic E-state index is 0.0518. The number of rotatable bonds is 4. The highest BCUT2D eigenvalue weighted by Crippen LogP contribution is 2.19. The molecule has 5 nitrogen and oxygen atoms in total. The molecule has 2 heterocycles. The summed E-state index contributed by atoms with van der Waals surface area (Å²) in [5.74, 6) is 0.600. The van der Waals surface area contributed by atoms with Gasteiger partial charge in [-0.2, -0.15) is 4.98 Å². The van der Waals surface area contributed by atoms with Crippen LogP contribution in [0.2, 0.25) is 5.15 Å². The molecule has 0 bridgehead atoms. The van der Waals surface area contributed by atoms with E-state index in [9.17, 15) is 4.79 Å². The molecule has 1 fully saturated rings. The van der Waals surface area contributed by atoms with Crippen LogP contribution in [0.15, 0.2) is 12.3 Å². The van der Waals surface area contributed by atoms with E-state index in [4.69, 9.17) is 16.3 Å². The zero-order valence-electron chi connectivity index (χ0n) is 13.2. The molecule has 1 unspecified atom stereocenters. The summed E-state index contributed by atoms with van der Waals surface area (Å²) in [7, 11) is 0. The van der Waals surface area contributed by atoms with Gasteiger partial charge in [-0.1, -0.05) is 39.3 Å². The molecule has 1 aromatic rings. The van der Waals surface area contributed by atoms with Gasteiger partial charge in [-0.05, 0) is 12.5 Å². The summed E-state index contributed by atoms with van der Waals surface area (Å²) < 4.78 is 5.51. The molecule has 21 heavy (non-hydrogen) atoms. The van der Waals surface area contributed by atoms with Crippen LogP contribution in [0, 0.1) is 11.8 Å². The van der Waals surface area contributed by atoms with Crippen molar-refractivity contribution < 1.29 is 9.53 Å². The minimum atomic E-state index is 0.0518. The molecule has 1 aliphatic rings. The SMILES string of the molecule is CC.CC(C)C(=O)N1CCC(COc2nccc(Cl)n2)C1. The summed E-state index contributed by atoms with van der Waals surface area (Å²) in [5, 5.41) is 0.369. The van der Waals surface area contributed by atoms with E-state index in [0.29, 0.717) is 23.7 Å². The largest absolute Gasteiger partial charge is 0.463 e. The number of carbonyl (C=O) groups is 1. The molecule has 6 heteroatoms. The summed E-state index contributed by atoms with van der Waals surface area (Å²) in [6, 6.07) is 1.90. The van der Waals surface area contributed by atoms with Crippen LogP contribution in [0.5, 0.6) is 6.01 Å². The molecule has 1 atom stereocenters. The van der Waals surface area contributed by atoms with Gasteiger partial charge in [0.05, 0.1) is 6.61 Å². The van der Waals surface area contributed by atoms with Gasteiger partial charge in [0.1, 0.15) is 5.15 Å². The highest BCUT2D eigenvalue weighted by atomic mass is 35.5. The lowest BCUT2D eigenvalue weighted by Gasteiger charge is -2.18. The Labute approximate surface area is 131 Å². The molecule has 2 rings (SSSR count). The van der Waals surface area contributed by atoms with Crippen LogP contribution in [-0.2, 0) is 4.79 Å². The van der Waals surface area contributed by atoms with Crippen LogP contribution in [0.3, 0.4) is 0 Å². The second kappa shape index (κ2) is 8.82. The van der Waals surface area contributed by atoms with Crippen LogP contribution >= 0.6 is 11.6 Å². The van der Waals surface area contributed by atoms with E-state index < -0.39 is 0 Å². The number of halogens is 1. The highest BCUT2D eigenvalue weighted by Gasteiger charge is 2.27. The maximum absolute atomic E-state index is 11.9. The van der Waals surface area contributed by atoms with Gasteiger partial charge in [-0.15, -0.1) is 0 Å². The van der Waals surface area contributed by atoms with E-state index in [2.05, 4.69) is 9.97 Å². The third-order valence-corrected chi connectivity index (χ3v) is 3.35. The van der Waals surface area contributed by atoms with E-state index in [1.807, 2.05) is 32.6 Å². The second-order valence-corrected chi connectivity index (χ2v) is 5.45. The zero-order chi connectivity index (χ0) is 15.8. The Morgan fingerprint density at radius 3 is 2.86 bits per heavy atom. The zero-order valence-corrected chi connectivity index (χ0v) is 13.9. The Kier molecular flexibility index (Phi) is 7.43. The predicted octanol–water partition coefficient (Wildman–Crippen LogP) is 3.04. The first kappa shape index (κ1) is 17.7. The van der Waals surface area contributed by atoms with Gasteiger partial charge in [0, 0.05) is 31.1 Å². The van der Waals surface area contributed by atoms with Crippen molar-refractivity contribution in [1.82, 2.24) is 14.9 Å². The summed E-state index contributed by atoms with van der Waals surface area (Å²) in [6.07, 6.45) is 2.52. The van der Waals surface area contributed by atoms with Crippen LogP contribution < -0.4 is 4.74 Å². The van der Waals surface area contributed by atoms with E-state index in [1.54, 1.807) is 12.3 Å². The first-order valence-corrected chi connectivity index (χ1v) is 7.84. The second-order valence-electron chi connectivity index (χ2n) is 5.07. The summed E-state index contributed by atoms with van der Waals surface area (Å²) in [5.41, 5.74) is 0. The molecule has 1 saturated heterocycles. The van der Waals surface area contributed by atoms with Gasteiger partial charge in [-0.3, -0.25) is 4.79 Å². The fourth-order valence-electron chi connectivity index (χ4n) is 2.12. The minimum Gasteiger partial charge on any atom is -0.463 e. The molecule has 0 saturated carbocycles. The molecule has 0 radical (unpaired) electrons. The van der Waals surface area contributed by atoms with Crippen molar-refractivity contribution in [1.29, 1.82) is 0 Å². The number of likely N-dealkylation sites (tertiary alicyclic amines) is 1. The lowest BCUT2D eigenvalue weighted by atomic mass is 10.1. The van der Waals surface area contributed by atoms with Crippen molar-refractivity contribution in [2.75, 3.05) is 19.7 Å². The van der Waals surface area contributed by atoms with Gasteiger partial charge < -0.3 is 9.64 Å². The van der Waals surface area contributed by atoms with E-state index >= 15 is 0 Å². The van der Waals surface area contributed by atoms with Crippen molar-refractivity contribution in [3.63, 3.8) is 0 Å². The highest BCUT2D eigenvalue weighted by molar-refractivity contribution is 6.29. The molecule has 118 valence electrons. The number of hydrogen-bond acceptors (Lipinski definition) is 4.